The summed E-state index contributed by atoms with van der Waals surface area (Å²) in [6.45, 7) is 5.52. The van der Waals surface area contributed by atoms with Gasteiger partial charge in [0.1, 0.15) is 12.1 Å². The molecule has 0 bridgehead atoms. The first-order chi connectivity index (χ1) is 13.3. The minimum Gasteiger partial charge on any atom is -0.323 e. The van der Waals surface area contributed by atoms with Gasteiger partial charge in [-0.05, 0) is 56.7 Å². The van der Waals surface area contributed by atoms with Gasteiger partial charge in [0.15, 0.2) is 5.13 Å². The Balaban J connectivity index is 1.42. The number of aryl methyl sites for hydroxylation is 2. The summed E-state index contributed by atoms with van der Waals surface area (Å²) in [6, 6.07) is 5.58. The highest BCUT2D eigenvalue weighted by atomic mass is 32.1. The molecule has 0 unspecified atom stereocenters. The number of nitrogens with zero attached hydrogens (tertiary/aromatic N) is 2. The molecule has 1 atom stereocenters. The summed E-state index contributed by atoms with van der Waals surface area (Å²) in [5.41, 5.74) is 3.26. The fraction of sp³-hybridized carbons (Fsp3) is 0.400. The first-order valence-electron chi connectivity index (χ1n) is 9.25. The lowest BCUT2D eigenvalue weighted by Gasteiger charge is -2.20. The summed E-state index contributed by atoms with van der Waals surface area (Å²) < 4.78 is 0. The quantitative estimate of drug-likeness (QED) is 0.757. The third-order valence-electron chi connectivity index (χ3n) is 5.55. The monoisotopic (exact) mass is 398 g/mol. The van der Waals surface area contributed by atoms with Crippen LogP contribution >= 0.6 is 11.3 Å². The summed E-state index contributed by atoms with van der Waals surface area (Å²) in [5.74, 6) is -0.605. The minimum atomic E-state index is -0.880. The molecule has 2 N–H and O–H groups in total. The van der Waals surface area contributed by atoms with E-state index in [1.807, 2.05) is 24.4 Å². The number of urea groups is 1. The number of carbonyl (C=O) groups excluding carboxylic acids is 3. The molecule has 4 amide bonds. The number of carbonyl (C=O) groups is 3. The molecular weight excluding hydrogens is 376 g/mol. The second-order valence-electron chi connectivity index (χ2n) is 7.68. The van der Waals surface area contributed by atoms with Crippen LogP contribution in [0.1, 0.15) is 30.9 Å². The summed E-state index contributed by atoms with van der Waals surface area (Å²) in [6.07, 6.45) is 1.84. The van der Waals surface area contributed by atoms with Gasteiger partial charge in [-0.25, -0.2) is 9.78 Å². The van der Waals surface area contributed by atoms with E-state index in [1.165, 1.54) is 22.5 Å². The molecular formula is C20H22N4O3S. The van der Waals surface area contributed by atoms with Crippen molar-refractivity contribution in [2.45, 2.75) is 39.2 Å². The number of hydrogen-bond acceptors (Lipinski definition) is 5. The highest BCUT2D eigenvalue weighted by molar-refractivity contribution is 7.14. The van der Waals surface area contributed by atoms with Crippen LogP contribution in [0.4, 0.5) is 9.93 Å². The van der Waals surface area contributed by atoms with E-state index in [9.17, 15) is 14.4 Å². The predicted octanol–water partition coefficient (Wildman–Crippen LogP) is 3.09. The largest absolute Gasteiger partial charge is 0.325 e. The van der Waals surface area contributed by atoms with E-state index < -0.39 is 17.5 Å². The Kier molecular flexibility index (Phi) is 4.45. The Bertz CT molecular complexity index is 982. The van der Waals surface area contributed by atoms with Crippen molar-refractivity contribution in [1.29, 1.82) is 0 Å². The molecule has 2 aliphatic rings. The number of imide groups is 1. The first kappa shape index (κ1) is 18.6. The van der Waals surface area contributed by atoms with E-state index in [4.69, 9.17) is 0 Å². The summed E-state index contributed by atoms with van der Waals surface area (Å²) in [7, 11) is 0. The average Bonchev–Trinajstić information content (AvgIpc) is 3.37. The maximum absolute atomic E-state index is 12.6. The van der Waals surface area contributed by atoms with E-state index in [1.54, 1.807) is 6.92 Å². The Hall–Kier alpha value is -2.74. The standard InChI is InChI=1S/C20H22N4O3S/c1-11-4-5-13(8-12(11)2)15-10-28-18(21-15)22-16(25)9-24-17(26)20(3,14-6-7-14)23-19(24)27/h4-5,8,10,14H,6-7,9H2,1-3H3,(H,23,27)(H,21,22,25)/t20-/m1/s1. The van der Waals surface area contributed by atoms with Gasteiger partial charge in [0.2, 0.25) is 5.91 Å². The van der Waals surface area contributed by atoms with E-state index in [2.05, 4.69) is 28.6 Å². The number of amides is 4. The molecule has 7 nitrogen and oxygen atoms in total. The molecule has 1 aromatic heterocycles. The zero-order valence-corrected chi connectivity index (χ0v) is 16.9. The molecule has 28 heavy (non-hydrogen) atoms. The molecule has 4 rings (SSSR count). The van der Waals surface area contributed by atoms with Crippen LogP contribution in [0.5, 0.6) is 0 Å². The van der Waals surface area contributed by atoms with Gasteiger partial charge in [0, 0.05) is 10.9 Å². The first-order valence-corrected chi connectivity index (χ1v) is 10.1. The number of rotatable bonds is 5. The van der Waals surface area contributed by atoms with Crippen LogP contribution in [-0.2, 0) is 9.59 Å². The van der Waals surface area contributed by atoms with Crippen molar-refractivity contribution in [3.05, 3.63) is 34.7 Å². The van der Waals surface area contributed by atoms with E-state index >= 15 is 0 Å². The van der Waals surface area contributed by atoms with Gasteiger partial charge < -0.3 is 10.6 Å². The van der Waals surface area contributed by atoms with Crippen LogP contribution in [0.2, 0.25) is 0 Å². The molecule has 146 valence electrons. The average molecular weight is 398 g/mol. The SMILES string of the molecule is Cc1ccc(-c2csc(NC(=O)CN3C(=O)N[C@](C)(C4CC4)C3=O)n2)cc1C. The lowest BCUT2D eigenvalue weighted by Crippen LogP contribution is -2.46. The molecule has 8 heteroatoms. The summed E-state index contributed by atoms with van der Waals surface area (Å²) in [4.78, 5) is 42.6. The van der Waals surface area contributed by atoms with Crippen LogP contribution in [0, 0.1) is 19.8 Å². The van der Waals surface area contributed by atoms with Gasteiger partial charge in [-0.2, -0.15) is 0 Å². The molecule has 1 aromatic carbocycles. The van der Waals surface area contributed by atoms with E-state index in [-0.39, 0.29) is 18.4 Å². The fourth-order valence-corrected chi connectivity index (χ4v) is 4.20. The topological polar surface area (TPSA) is 91.4 Å². The Morgan fingerprint density at radius 1 is 1.32 bits per heavy atom. The van der Waals surface area contributed by atoms with Crippen molar-refractivity contribution in [3.63, 3.8) is 0 Å². The van der Waals surface area contributed by atoms with Crippen molar-refractivity contribution >= 4 is 34.3 Å². The molecule has 1 aliphatic heterocycles. The number of thiazole rings is 1. The molecule has 2 fully saturated rings. The van der Waals surface area contributed by atoms with Crippen molar-refractivity contribution in [2.24, 2.45) is 5.92 Å². The lowest BCUT2D eigenvalue weighted by molar-refractivity contribution is -0.134. The maximum Gasteiger partial charge on any atom is 0.325 e. The van der Waals surface area contributed by atoms with Crippen molar-refractivity contribution in [2.75, 3.05) is 11.9 Å². The second-order valence-corrected chi connectivity index (χ2v) is 8.54. The van der Waals surface area contributed by atoms with Crippen LogP contribution in [0.25, 0.3) is 11.3 Å². The molecule has 0 spiro atoms. The van der Waals surface area contributed by atoms with Crippen molar-refractivity contribution in [3.8, 4) is 11.3 Å². The number of aromatic nitrogens is 1. The van der Waals surface area contributed by atoms with Crippen molar-refractivity contribution in [1.82, 2.24) is 15.2 Å². The maximum atomic E-state index is 12.6. The number of benzene rings is 1. The smallest absolute Gasteiger partial charge is 0.323 e. The van der Waals surface area contributed by atoms with Gasteiger partial charge >= 0.3 is 6.03 Å². The summed E-state index contributed by atoms with van der Waals surface area (Å²) >= 11 is 1.31. The van der Waals surface area contributed by atoms with Gasteiger partial charge in [-0.15, -0.1) is 11.3 Å². The molecule has 2 heterocycles. The molecule has 2 aromatic rings. The minimum absolute atomic E-state index is 0.163. The molecule has 0 radical (unpaired) electrons. The Labute approximate surface area is 167 Å². The lowest BCUT2D eigenvalue weighted by atomic mass is 9.96. The molecule has 1 saturated heterocycles. The van der Waals surface area contributed by atoms with E-state index in [0.29, 0.717) is 5.13 Å². The van der Waals surface area contributed by atoms with Gasteiger partial charge in [0.05, 0.1) is 5.69 Å². The van der Waals surface area contributed by atoms with Crippen LogP contribution in [-0.4, -0.2) is 39.8 Å². The van der Waals surface area contributed by atoms with Gasteiger partial charge in [-0.1, -0.05) is 12.1 Å². The predicted molar refractivity (Wildman–Crippen MR) is 107 cm³/mol. The number of anilines is 1. The summed E-state index contributed by atoms with van der Waals surface area (Å²) in [5, 5.41) is 7.75. The highest BCUT2D eigenvalue weighted by Gasteiger charge is 2.56. The van der Waals surface area contributed by atoms with Crippen LogP contribution in [0.15, 0.2) is 23.6 Å². The number of nitrogens with one attached hydrogen (secondary N) is 2. The van der Waals surface area contributed by atoms with Gasteiger partial charge in [0.25, 0.3) is 5.91 Å². The zero-order chi connectivity index (χ0) is 20.1. The zero-order valence-electron chi connectivity index (χ0n) is 16.0. The van der Waals surface area contributed by atoms with Crippen LogP contribution < -0.4 is 10.6 Å². The molecule has 1 saturated carbocycles. The normalized spacial score (nSPS) is 21.8. The fourth-order valence-electron chi connectivity index (χ4n) is 3.46. The number of hydrogen-bond donors (Lipinski definition) is 2. The van der Waals surface area contributed by atoms with E-state index in [0.717, 1.165) is 29.0 Å². The van der Waals surface area contributed by atoms with Crippen LogP contribution in [0.3, 0.4) is 0 Å². The Morgan fingerprint density at radius 2 is 2.07 bits per heavy atom. The third-order valence-corrected chi connectivity index (χ3v) is 6.31. The Morgan fingerprint density at radius 3 is 2.75 bits per heavy atom. The van der Waals surface area contributed by atoms with Crippen molar-refractivity contribution < 1.29 is 14.4 Å². The van der Waals surface area contributed by atoms with Gasteiger partial charge in [-0.3, -0.25) is 14.5 Å². The third kappa shape index (κ3) is 3.28. The molecule has 1 aliphatic carbocycles. The second kappa shape index (κ2) is 6.70. The highest BCUT2D eigenvalue weighted by Crippen LogP contribution is 2.42.